The number of hydrogen-bond acceptors (Lipinski definition) is 2. The Morgan fingerprint density at radius 2 is 1.95 bits per heavy atom. The van der Waals surface area contributed by atoms with Crippen LogP contribution in [0.5, 0.6) is 0 Å². The SMILES string of the molecule is CC1(C)CNC(C)(C)C(=O)N(c2cccc(F)c2)C1. The van der Waals surface area contributed by atoms with E-state index >= 15 is 0 Å². The van der Waals surface area contributed by atoms with Gasteiger partial charge in [-0.05, 0) is 37.5 Å². The quantitative estimate of drug-likeness (QED) is 0.845. The zero-order valence-electron chi connectivity index (χ0n) is 12.0. The molecule has 0 spiro atoms. The van der Waals surface area contributed by atoms with Crippen molar-refractivity contribution in [2.45, 2.75) is 33.2 Å². The molecule has 1 aromatic rings. The molecule has 2 rings (SSSR count). The Hall–Kier alpha value is -1.42. The lowest BCUT2D eigenvalue weighted by Gasteiger charge is -2.30. The van der Waals surface area contributed by atoms with Crippen LogP contribution in [0.2, 0.25) is 0 Å². The van der Waals surface area contributed by atoms with Gasteiger partial charge in [0, 0.05) is 18.8 Å². The van der Waals surface area contributed by atoms with Crippen molar-refractivity contribution >= 4 is 11.6 Å². The number of carbonyl (C=O) groups is 1. The highest BCUT2D eigenvalue weighted by Crippen LogP contribution is 2.28. The van der Waals surface area contributed by atoms with Gasteiger partial charge in [0.25, 0.3) is 0 Å². The van der Waals surface area contributed by atoms with Gasteiger partial charge in [-0.1, -0.05) is 19.9 Å². The summed E-state index contributed by atoms with van der Waals surface area (Å²) in [7, 11) is 0. The van der Waals surface area contributed by atoms with Gasteiger partial charge >= 0.3 is 0 Å². The second kappa shape index (κ2) is 4.60. The highest BCUT2D eigenvalue weighted by molar-refractivity contribution is 6.00. The number of hydrogen-bond donors (Lipinski definition) is 1. The number of halogens is 1. The van der Waals surface area contributed by atoms with Crippen LogP contribution in [-0.4, -0.2) is 24.5 Å². The zero-order chi connectivity index (χ0) is 14.3. The molecule has 3 nitrogen and oxygen atoms in total. The number of amides is 1. The van der Waals surface area contributed by atoms with E-state index in [1.807, 2.05) is 13.8 Å². The van der Waals surface area contributed by atoms with Crippen LogP contribution in [0.25, 0.3) is 0 Å². The summed E-state index contributed by atoms with van der Waals surface area (Å²) >= 11 is 0. The molecule has 104 valence electrons. The van der Waals surface area contributed by atoms with E-state index in [1.165, 1.54) is 12.1 Å². The monoisotopic (exact) mass is 264 g/mol. The van der Waals surface area contributed by atoms with Crippen molar-refractivity contribution in [2.24, 2.45) is 5.41 Å². The molecular formula is C15H21FN2O. The Morgan fingerprint density at radius 3 is 2.58 bits per heavy atom. The molecule has 1 amide bonds. The first kappa shape index (κ1) is 14.0. The van der Waals surface area contributed by atoms with Crippen molar-refractivity contribution in [1.82, 2.24) is 5.32 Å². The Kier molecular flexibility index (Phi) is 3.39. The summed E-state index contributed by atoms with van der Waals surface area (Å²) in [5.74, 6) is -0.346. The normalized spacial score (nSPS) is 22.2. The predicted octanol–water partition coefficient (Wildman–Crippen LogP) is 2.57. The Labute approximate surface area is 113 Å². The average Bonchev–Trinajstić information content (AvgIpc) is 2.40. The molecule has 1 aromatic carbocycles. The molecule has 1 N–H and O–H groups in total. The number of anilines is 1. The van der Waals surface area contributed by atoms with E-state index in [1.54, 1.807) is 17.0 Å². The van der Waals surface area contributed by atoms with Gasteiger partial charge in [0.15, 0.2) is 0 Å². The summed E-state index contributed by atoms with van der Waals surface area (Å²) in [6.45, 7) is 9.25. The Balaban J connectivity index is 2.43. The topological polar surface area (TPSA) is 32.3 Å². The number of nitrogens with one attached hydrogen (secondary N) is 1. The fraction of sp³-hybridized carbons (Fsp3) is 0.533. The largest absolute Gasteiger partial charge is 0.310 e. The zero-order valence-corrected chi connectivity index (χ0v) is 12.0. The molecule has 0 aliphatic carbocycles. The average molecular weight is 264 g/mol. The van der Waals surface area contributed by atoms with E-state index in [4.69, 9.17) is 0 Å². The molecular weight excluding hydrogens is 243 g/mol. The van der Waals surface area contributed by atoms with Crippen molar-refractivity contribution in [2.75, 3.05) is 18.0 Å². The van der Waals surface area contributed by atoms with Gasteiger partial charge in [0.1, 0.15) is 5.82 Å². The first-order valence-electron chi connectivity index (χ1n) is 6.54. The molecule has 0 saturated carbocycles. The third kappa shape index (κ3) is 2.95. The molecule has 0 atom stereocenters. The van der Waals surface area contributed by atoms with Gasteiger partial charge in [-0.3, -0.25) is 4.79 Å². The van der Waals surface area contributed by atoms with Crippen molar-refractivity contribution in [1.29, 1.82) is 0 Å². The lowest BCUT2D eigenvalue weighted by atomic mass is 9.93. The van der Waals surface area contributed by atoms with Crippen LogP contribution >= 0.6 is 0 Å². The number of benzene rings is 1. The van der Waals surface area contributed by atoms with E-state index in [9.17, 15) is 9.18 Å². The number of carbonyl (C=O) groups excluding carboxylic acids is 1. The van der Waals surface area contributed by atoms with Gasteiger partial charge in [0.2, 0.25) is 5.91 Å². The molecule has 0 bridgehead atoms. The van der Waals surface area contributed by atoms with Gasteiger partial charge in [0.05, 0.1) is 5.54 Å². The summed E-state index contributed by atoms with van der Waals surface area (Å²) in [4.78, 5) is 14.3. The third-order valence-corrected chi connectivity index (χ3v) is 3.49. The van der Waals surface area contributed by atoms with E-state index in [0.29, 0.717) is 12.2 Å². The third-order valence-electron chi connectivity index (χ3n) is 3.49. The first-order chi connectivity index (χ1) is 8.71. The molecule has 19 heavy (non-hydrogen) atoms. The van der Waals surface area contributed by atoms with E-state index < -0.39 is 5.54 Å². The highest BCUT2D eigenvalue weighted by Gasteiger charge is 2.39. The van der Waals surface area contributed by atoms with Gasteiger partial charge in [-0.15, -0.1) is 0 Å². The van der Waals surface area contributed by atoms with Crippen molar-refractivity contribution in [3.8, 4) is 0 Å². The van der Waals surface area contributed by atoms with E-state index in [-0.39, 0.29) is 17.1 Å². The molecule has 0 unspecified atom stereocenters. The van der Waals surface area contributed by atoms with Crippen LogP contribution in [0.3, 0.4) is 0 Å². The number of rotatable bonds is 1. The first-order valence-corrected chi connectivity index (χ1v) is 6.54. The summed E-state index contributed by atoms with van der Waals surface area (Å²) in [6, 6.07) is 6.21. The van der Waals surface area contributed by atoms with Crippen LogP contribution in [0.1, 0.15) is 27.7 Å². The summed E-state index contributed by atoms with van der Waals surface area (Å²) in [5.41, 5.74) is -0.0783. The van der Waals surface area contributed by atoms with Crippen molar-refractivity contribution in [3.63, 3.8) is 0 Å². The minimum Gasteiger partial charge on any atom is -0.310 e. The molecule has 0 aromatic heterocycles. The van der Waals surface area contributed by atoms with Gasteiger partial charge < -0.3 is 10.2 Å². The number of nitrogens with zero attached hydrogens (tertiary/aromatic N) is 1. The minimum atomic E-state index is -0.639. The summed E-state index contributed by atoms with van der Waals surface area (Å²) in [6.07, 6.45) is 0. The molecule has 0 radical (unpaired) electrons. The van der Waals surface area contributed by atoms with Crippen molar-refractivity contribution < 1.29 is 9.18 Å². The van der Waals surface area contributed by atoms with E-state index in [0.717, 1.165) is 6.54 Å². The molecule has 1 aliphatic rings. The maximum Gasteiger partial charge on any atom is 0.246 e. The minimum absolute atomic E-state index is 0.0244. The van der Waals surface area contributed by atoms with Gasteiger partial charge in [-0.2, -0.15) is 0 Å². The summed E-state index contributed by atoms with van der Waals surface area (Å²) < 4.78 is 13.4. The fourth-order valence-electron chi connectivity index (χ4n) is 2.28. The lowest BCUT2D eigenvalue weighted by Crippen LogP contribution is -2.51. The standard InChI is InChI=1S/C15H21FN2O/c1-14(2)9-17-15(3,4)13(19)18(10-14)12-7-5-6-11(16)8-12/h5-8,17H,9-10H2,1-4H3. The summed E-state index contributed by atoms with van der Waals surface area (Å²) in [5, 5.41) is 3.29. The molecule has 1 fully saturated rings. The highest BCUT2D eigenvalue weighted by atomic mass is 19.1. The van der Waals surface area contributed by atoms with Crippen LogP contribution in [0.4, 0.5) is 10.1 Å². The Morgan fingerprint density at radius 1 is 1.26 bits per heavy atom. The van der Waals surface area contributed by atoms with Crippen LogP contribution < -0.4 is 10.2 Å². The predicted molar refractivity (Wildman–Crippen MR) is 74.6 cm³/mol. The van der Waals surface area contributed by atoms with Gasteiger partial charge in [-0.25, -0.2) is 4.39 Å². The Bertz CT molecular complexity index is 497. The lowest BCUT2D eigenvalue weighted by molar-refractivity contribution is -0.123. The fourth-order valence-corrected chi connectivity index (χ4v) is 2.28. The molecule has 1 aliphatic heterocycles. The molecule has 4 heteroatoms. The molecule has 1 saturated heterocycles. The van der Waals surface area contributed by atoms with Crippen molar-refractivity contribution in [3.05, 3.63) is 30.1 Å². The van der Waals surface area contributed by atoms with Crippen LogP contribution in [0.15, 0.2) is 24.3 Å². The maximum absolute atomic E-state index is 13.4. The second-order valence-corrected chi connectivity index (χ2v) is 6.51. The second-order valence-electron chi connectivity index (χ2n) is 6.51. The maximum atomic E-state index is 13.4. The van der Waals surface area contributed by atoms with E-state index in [2.05, 4.69) is 19.2 Å². The van der Waals surface area contributed by atoms with Crippen LogP contribution in [0, 0.1) is 11.2 Å². The van der Waals surface area contributed by atoms with Crippen LogP contribution in [-0.2, 0) is 4.79 Å². The smallest absolute Gasteiger partial charge is 0.246 e. The molecule has 1 heterocycles.